The van der Waals surface area contributed by atoms with E-state index in [1.165, 1.54) is 0 Å². The molecule has 0 aliphatic carbocycles. The topological polar surface area (TPSA) is 30.5 Å². The molecule has 0 aliphatic rings. The summed E-state index contributed by atoms with van der Waals surface area (Å²) in [5, 5.41) is 3.85. The van der Waals surface area contributed by atoms with Gasteiger partial charge in [-0.05, 0) is 69.2 Å². The summed E-state index contributed by atoms with van der Waals surface area (Å²) < 4.78 is 12.4. The van der Waals surface area contributed by atoms with Crippen molar-refractivity contribution in [2.24, 2.45) is 0 Å². The smallest absolute Gasteiger partial charge is 0.0770 e. The third-order valence-electron chi connectivity index (χ3n) is 4.70. The Balaban J connectivity index is 5.22. The zero-order valence-electron chi connectivity index (χ0n) is 16.5. The zero-order valence-corrected chi connectivity index (χ0v) is 20.5. The van der Waals surface area contributed by atoms with Gasteiger partial charge in [-0.2, -0.15) is 0 Å². The van der Waals surface area contributed by atoms with Gasteiger partial charge in [0.15, 0.2) is 0 Å². The third kappa shape index (κ3) is 5.79. The van der Waals surface area contributed by atoms with Gasteiger partial charge in [-0.15, -0.1) is 0 Å². The summed E-state index contributed by atoms with van der Waals surface area (Å²) in [6.07, 6.45) is 0.464. The standard InChI is InChI=1S/C16H39NO2Si2/c1-11(2)18-13(5,6)15(9,20)17-16(10,21)14(7,8)19-12(3)4/h11-12,17H,1-10,20-21H3. The molecular formula is C16H39NO2Si2. The maximum atomic E-state index is 6.19. The first-order chi connectivity index (χ1) is 9.04. The molecule has 2 unspecified atom stereocenters. The molecule has 0 rings (SSSR count). The van der Waals surface area contributed by atoms with Gasteiger partial charge < -0.3 is 14.8 Å². The molecule has 0 radical (unpaired) electrons. The van der Waals surface area contributed by atoms with Crippen molar-refractivity contribution in [3.8, 4) is 0 Å². The van der Waals surface area contributed by atoms with Crippen LogP contribution >= 0.6 is 0 Å². The number of ether oxygens (including phenoxy) is 2. The molecule has 0 aromatic heterocycles. The summed E-state index contributed by atoms with van der Waals surface area (Å²) in [6, 6.07) is 0. The van der Waals surface area contributed by atoms with Gasteiger partial charge in [0.2, 0.25) is 0 Å². The van der Waals surface area contributed by atoms with Gasteiger partial charge >= 0.3 is 0 Å². The van der Waals surface area contributed by atoms with E-state index in [-0.39, 0.29) is 33.7 Å². The van der Waals surface area contributed by atoms with Crippen LogP contribution in [0.25, 0.3) is 0 Å². The lowest BCUT2D eigenvalue weighted by atomic mass is 9.92. The van der Waals surface area contributed by atoms with Gasteiger partial charge in [-0.1, -0.05) is 0 Å². The van der Waals surface area contributed by atoms with Gasteiger partial charge in [-0.25, -0.2) is 0 Å². The number of rotatable bonds is 8. The first-order valence-electron chi connectivity index (χ1n) is 8.19. The second-order valence-electron chi connectivity index (χ2n) is 8.73. The molecule has 0 fully saturated rings. The molecule has 0 aromatic carbocycles. The van der Waals surface area contributed by atoms with E-state index in [1.807, 2.05) is 0 Å². The van der Waals surface area contributed by atoms with Crippen molar-refractivity contribution >= 4 is 20.5 Å². The number of hydrogen-bond donors (Lipinski definition) is 1. The lowest BCUT2D eigenvalue weighted by molar-refractivity contribution is -0.116. The molecule has 1 N–H and O–H groups in total. The van der Waals surface area contributed by atoms with Crippen LogP contribution in [-0.2, 0) is 9.47 Å². The van der Waals surface area contributed by atoms with Crippen molar-refractivity contribution in [3.05, 3.63) is 0 Å². The van der Waals surface area contributed by atoms with Crippen LogP contribution in [0.15, 0.2) is 0 Å². The maximum absolute atomic E-state index is 6.19. The molecule has 0 aromatic rings. The van der Waals surface area contributed by atoms with Gasteiger partial charge in [0.1, 0.15) is 0 Å². The number of hydrogen-bond acceptors (Lipinski definition) is 3. The Labute approximate surface area is 138 Å². The Morgan fingerprint density at radius 1 is 0.667 bits per heavy atom. The SMILES string of the molecule is CC(C)OC(C)(C)C(C)([SiH3])NC(C)([SiH3])C(C)(C)OC(C)C. The molecule has 2 atom stereocenters. The highest BCUT2D eigenvalue weighted by atomic mass is 28.2. The average molecular weight is 334 g/mol. The summed E-state index contributed by atoms with van der Waals surface area (Å²) in [5.74, 6) is 0. The fraction of sp³-hybridized carbons (Fsp3) is 1.00. The van der Waals surface area contributed by atoms with Crippen LogP contribution in [0.5, 0.6) is 0 Å². The predicted molar refractivity (Wildman–Crippen MR) is 100 cm³/mol. The van der Waals surface area contributed by atoms with E-state index < -0.39 is 0 Å². The van der Waals surface area contributed by atoms with E-state index in [0.29, 0.717) is 0 Å². The summed E-state index contributed by atoms with van der Waals surface area (Å²) in [7, 11) is 2.01. The van der Waals surface area contributed by atoms with Crippen molar-refractivity contribution < 1.29 is 9.47 Å². The predicted octanol–water partition coefficient (Wildman–Crippen LogP) is 1.15. The summed E-state index contributed by atoms with van der Waals surface area (Å²) >= 11 is 0. The highest BCUT2D eigenvalue weighted by molar-refractivity contribution is 6.19. The van der Waals surface area contributed by atoms with Crippen LogP contribution in [-0.4, -0.2) is 54.2 Å². The van der Waals surface area contributed by atoms with Crippen molar-refractivity contribution in [2.45, 2.75) is 103 Å². The largest absolute Gasteiger partial charge is 0.371 e. The zero-order chi connectivity index (χ0) is 17.3. The van der Waals surface area contributed by atoms with Crippen molar-refractivity contribution in [3.63, 3.8) is 0 Å². The molecule has 3 nitrogen and oxygen atoms in total. The van der Waals surface area contributed by atoms with Crippen LogP contribution in [0.2, 0.25) is 0 Å². The van der Waals surface area contributed by atoms with Crippen molar-refractivity contribution in [2.75, 3.05) is 0 Å². The minimum absolute atomic E-state index is 0.0224. The van der Waals surface area contributed by atoms with Crippen molar-refractivity contribution in [1.82, 2.24) is 5.32 Å². The molecule has 0 amide bonds. The second-order valence-corrected chi connectivity index (χ2v) is 12.7. The molecular weight excluding hydrogens is 294 g/mol. The van der Waals surface area contributed by atoms with E-state index in [2.05, 4.69) is 74.6 Å². The Morgan fingerprint density at radius 2 is 0.905 bits per heavy atom. The van der Waals surface area contributed by atoms with Crippen molar-refractivity contribution in [1.29, 1.82) is 0 Å². The minimum atomic E-state index is -0.201. The Morgan fingerprint density at radius 3 is 1.10 bits per heavy atom. The average Bonchev–Trinajstić information content (AvgIpc) is 2.09. The molecule has 0 bridgehead atoms. The number of nitrogens with one attached hydrogen (secondary N) is 1. The fourth-order valence-electron chi connectivity index (χ4n) is 2.56. The molecule has 0 heterocycles. The van der Waals surface area contributed by atoms with Crippen LogP contribution < -0.4 is 5.32 Å². The first kappa shape index (κ1) is 21.3. The maximum Gasteiger partial charge on any atom is 0.0770 e. The Bertz CT molecular complexity index is 305. The summed E-state index contributed by atoms with van der Waals surface area (Å²) in [6.45, 7) is 21.8. The lowest BCUT2D eigenvalue weighted by Crippen LogP contribution is -2.72. The quantitative estimate of drug-likeness (QED) is 0.676. The first-order valence-corrected chi connectivity index (χ1v) is 10.2. The Kier molecular flexibility index (Phi) is 6.93. The van der Waals surface area contributed by atoms with Gasteiger partial charge in [0, 0.05) is 30.8 Å². The third-order valence-corrected chi connectivity index (χ3v) is 7.60. The van der Waals surface area contributed by atoms with Crippen LogP contribution in [0.3, 0.4) is 0 Å². The van der Waals surface area contributed by atoms with E-state index in [4.69, 9.17) is 9.47 Å². The van der Waals surface area contributed by atoms with Gasteiger partial charge in [-0.3, -0.25) is 0 Å². The highest BCUT2D eigenvalue weighted by Gasteiger charge is 2.47. The molecule has 0 saturated heterocycles. The molecule has 21 heavy (non-hydrogen) atoms. The van der Waals surface area contributed by atoms with Gasteiger partial charge in [0.25, 0.3) is 0 Å². The van der Waals surface area contributed by atoms with E-state index in [9.17, 15) is 0 Å². The molecule has 0 saturated carbocycles. The Hall–Kier alpha value is 0.314. The lowest BCUT2D eigenvalue weighted by Gasteiger charge is -2.52. The molecule has 5 heteroatoms. The van der Waals surface area contributed by atoms with Crippen LogP contribution in [0.4, 0.5) is 0 Å². The monoisotopic (exact) mass is 333 g/mol. The summed E-state index contributed by atoms with van der Waals surface area (Å²) in [5.41, 5.74) is -0.403. The van der Waals surface area contributed by atoms with E-state index >= 15 is 0 Å². The molecule has 0 spiro atoms. The van der Waals surface area contributed by atoms with E-state index in [0.717, 1.165) is 20.5 Å². The van der Waals surface area contributed by atoms with Crippen LogP contribution in [0, 0.1) is 0 Å². The summed E-state index contributed by atoms with van der Waals surface area (Å²) in [4.78, 5) is 0. The second kappa shape index (κ2) is 6.83. The highest BCUT2D eigenvalue weighted by Crippen LogP contribution is 2.31. The van der Waals surface area contributed by atoms with Gasteiger partial charge in [0.05, 0.1) is 23.4 Å². The minimum Gasteiger partial charge on any atom is -0.371 e. The normalized spacial score (nSPS) is 20.0. The molecule has 0 aliphatic heterocycles. The fourth-order valence-corrected chi connectivity index (χ4v) is 4.54. The van der Waals surface area contributed by atoms with Crippen LogP contribution in [0.1, 0.15) is 69.2 Å². The van der Waals surface area contributed by atoms with E-state index in [1.54, 1.807) is 0 Å². The molecule has 128 valence electrons.